The van der Waals surface area contributed by atoms with Crippen molar-refractivity contribution >= 4 is 5.97 Å². The van der Waals surface area contributed by atoms with E-state index in [0.717, 1.165) is 11.3 Å². The molecule has 2 aromatic rings. The smallest absolute Gasteiger partial charge is 0.0493 e. The molecule has 1 heterocycles. The lowest BCUT2D eigenvalue weighted by atomic mass is 9.94. The molecule has 17 heavy (non-hydrogen) atoms. The Bertz CT molecular complexity index is 482. The van der Waals surface area contributed by atoms with Gasteiger partial charge in [0, 0.05) is 30.2 Å². The van der Waals surface area contributed by atoms with E-state index in [1.54, 1.807) is 24.4 Å². The normalized spacial score (nSPS) is 12.0. The van der Waals surface area contributed by atoms with Crippen LogP contribution in [0.15, 0.2) is 54.7 Å². The minimum Gasteiger partial charge on any atom is -0.549 e. The third-order valence-electron chi connectivity index (χ3n) is 2.63. The summed E-state index contributed by atoms with van der Waals surface area (Å²) < 4.78 is 0. The molecular formula is C14H12NO2-. The first kappa shape index (κ1) is 11.3. The third-order valence-corrected chi connectivity index (χ3v) is 2.63. The number of benzene rings is 1. The van der Waals surface area contributed by atoms with E-state index < -0.39 is 11.9 Å². The summed E-state index contributed by atoms with van der Waals surface area (Å²) in [6, 6.07) is 14.6. The Morgan fingerprint density at radius 1 is 1.12 bits per heavy atom. The van der Waals surface area contributed by atoms with E-state index in [2.05, 4.69) is 4.98 Å². The highest BCUT2D eigenvalue weighted by molar-refractivity contribution is 5.74. The monoisotopic (exact) mass is 226 g/mol. The van der Waals surface area contributed by atoms with Crippen LogP contribution in [0.4, 0.5) is 0 Å². The summed E-state index contributed by atoms with van der Waals surface area (Å²) in [5.41, 5.74) is 1.50. The molecule has 0 aliphatic heterocycles. The van der Waals surface area contributed by atoms with Gasteiger partial charge in [-0.2, -0.15) is 0 Å². The van der Waals surface area contributed by atoms with Gasteiger partial charge in [0.05, 0.1) is 0 Å². The molecule has 0 aliphatic carbocycles. The summed E-state index contributed by atoms with van der Waals surface area (Å²) in [5.74, 6) is -1.71. The van der Waals surface area contributed by atoms with Gasteiger partial charge in [-0.05, 0) is 17.7 Å². The van der Waals surface area contributed by atoms with Gasteiger partial charge in [0.1, 0.15) is 0 Å². The molecule has 0 saturated heterocycles. The second kappa shape index (κ2) is 5.25. The van der Waals surface area contributed by atoms with Gasteiger partial charge in [-0.15, -0.1) is 0 Å². The Hall–Kier alpha value is -2.16. The van der Waals surface area contributed by atoms with Crippen LogP contribution in [0.3, 0.4) is 0 Å². The SMILES string of the molecule is O=C([O-])C(Cc1ccccn1)c1ccccc1. The Morgan fingerprint density at radius 2 is 1.82 bits per heavy atom. The van der Waals surface area contributed by atoms with Crippen LogP contribution in [0.5, 0.6) is 0 Å². The Kier molecular flexibility index (Phi) is 3.50. The first-order valence-corrected chi connectivity index (χ1v) is 5.43. The highest BCUT2D eigenvalue weighted by Crippen LogP contribution is 2.19. The summed E-state index contributed by atoms with van der Waals surface area (Å²) in [6.45, 7) is 0. The van der Waals surface area contributed by atoms with Crippen molar-refractivity contribution in [3.8, 4) is 0 Å². The number of aliphatic carboxylic acids is 1. The number of aromatic nitrogens is 1. The molecule has 2 rings (SSSR count). The number of nitrogens with zero attached hydrogens (tertiary/aromatic N) is 1. The maximum absolute atomic E-state index is 11.2. The van der Waals surface area contributed by atoms with Crippen LogP contribution < -0.4 is 5.11 Å². The Morgan fingerprint density at radius 3 is 2.41 bits per heavy atom. The van der Waals surface area contributed by atoms with Crippen molar-refractivity contribution in [3.63, 3.8) is 0 Å². The number of pyridine rings is 1. The van der Waals surface area contributed by atoms with E-state index in [4.69, 9.17) is 0 Å². The van der Waals surface area contributed by atoms with Crippen LogP contribution in [-0.2, 0) is 11.2 Å². The maximum Gasteiger partial charge on any atom is 0.0493 e. The molecule has 0 N–H and O–H groups in total. The lowest BCUT2D eigenvalue weighted by molar-refractivity contribution is -0.308. The summed E-state index contributed by atoms with van der Waals surface area (Å²) in [6.07, 6.45) is 2.01. The zero-order chi connectivity index (χ0) is 12.1. The van der Waals surface area contributed by atoms with E-state index in [1.807, 2.05) is 30.3 Å². The van der Waals surface area contributed by atoms with E-state index in [9.17, 15) is 9.90 Å². The number of carbonyl (C=O) groups excluding carboxylic acids is 1. The Labute approximate surface area is 99.8 Å². The molecule has 0 bridgehead atoms. The highest BCUT2D eigenvalue weighted by Gasteiger charge is 2.13. The van der Waals surface area contributed by atoms with Crippen molar-refractivity contribution in [1.82, 2.24) is 4.98 Å². The van der Waals surface area contributed by atoms with Crippen molar-refractivity contribution in [2.24, 2.45) is 0 Å². The molecule has 1 aromatic heterocycles. The van der Waals surface area contributed by atoms with Gasteiger partial charge >= 0.3 is 0 Å². The highest BCUT2D eigenvalue weighted by atomic mass is 16.4. The second-order valence-electron chi connectivity index (χ2n) is 3.81. The van der Waals surface area contributed by atoms with Gasteiger partial charge in [-0.3, -0.25) is 4.98 Å². The van der Waals surface area contributed by atoms with E-state index in [-0.39, 0.29) is 0 Å². The van der Waals surface area contributed by atoms with Crippen molar-refractivity contribution in [1.29, 1.82) is 0 Å². The molecule has 0 fully saturated rings. The largest absolute Gasteiger partial charge is 0.549 e. The number of hydrogen-bond donors (Lipinski definition) is 0. The molecule has 0 radical (unpaired) electrons. The molecule has 1 unspecified atom stereocenters. The molecule has 0 spiro atoms. The number of hydrogen-bond acceptors (Lipinski definition) is 3. The average Bonchev–Trinajstić information content (AvgIpc) is 2.38. The van der Waals surface area contributed by atoms with Crippen molar-refractivity contribution in [2.45, 2.75) is 12.3 Å². The van der Waals surface area contributed by atoms with Crippen molar-refractivity contribution in [3.05, 3.63) is 66.0 Å². The fourth-order valence-electron chi connectivity index (χ4n) is 1.75. The van der Waals surface area contributed by atoms with Gasteiger partial charge in [0.15, 0.2) is 0 Å². The van der Waals surface area contributed by atoms with Crippen LogP contribution in [0.25, 0.3) is 0 Å². The number of carboxylic acids is 1. The zero-order valence-corrected chi connectivity index (χ0v) is 9.24. The summed E-state index contributed by atoms with van der Waals surface area (Å²) in [5, 5.41) is 11.2. The van der Waals surface area contributed by atoms with Gasteiger partial charge in [0.25, 0.3) is 0 Å². The second-order valence-corrected chi connectivity index (χ2v) is 3.81. The zero-order valence-electron chi connectivity index (χ0n) is 9.24. The average molecular weight is 226 g/mol. The van der Waals surface area contributed by atoms with Gasteiger partial charge in [0.2, 0.25) is 0 Å². The lowest BCUT2D eigenvalue weighted by Gasteiger charge is -2.17. The van der Waals surface area contributed by atoms with Crippen LogP contribution >= 0.6 is 0 Å². The molecule has 3 heteroatoms. The van der Waals surface area contributed by atoms with Gasteiger partial charge in [-0.25, -0.2) is 0 Å². The summed E-state index contributed by atoms with van der Waals surface area (Å²) in [7, 11) is 0. The Balaban J connectivity index is 2.23. The van der Waals surface area contributed by atoms with Crippen LogP contribution in [-0.4, -0.2) is 11.0 Å². The molecule has 1 aromatic carbocycles. The van der Waals surface area contributed by atoms with E-state index in [0.29, 0.717) is 6.42 Å². The van der Waals surface area contributed by atoms with Crippen molar-refractivity contribution in [2.75, 3.05) is 0 Å². The summed E-state index contributed by atoms with van der Waals surface area (Å²) in [4.78, 5) is 15.3. The predicted octanol–water partition coefficient (Wildman–Crippen LogP) is 1.16. The van der Waals surface area contributed by atoms with E-state index in [1.165, 1.54) is 0 Å². The first-order chi connectivity index (χ1) is 8.27. The molecule has 1 atom stereocenters. The molecule has 0 saturated carbocycles. The van der Waals surface area contributed by atoms with Gasteiger partial charge in [-0.1, -0.05) is 36.4 Å². The fraction of sp³-hybridized carbons (Fsp3) is 0.143. The number of carboxylic acid groups (broad SMARTS) is 1. The fourth-order valence-corrected chi connectivity index (χ4v) is 1.75. The lowest BCUT2D eigenvalue weighted by Crippen LogP contribution is -2.31. The first-order valence-electron chi connectivity index (χ1n) is 5.43. The summed E-state index contributed by atoms with van der Waals surface area (Å²) >= 11 is 0. The predicted molar refractivity (Wildman–Crippen MR) is 62.1 cm³/mol. The molecule has 86 valence electrons. The molecule has 0 aliphatic rings. The standard InChI is InChI=1S/C14H13NO2/c16-14(17)13(11-6-2-1-3-7-11)10-12-8-4-5-9-15-12/h1-9,13H,10H2,(H,16,17)/p-1. The topological polar surface area (TPSA) is 53.0 Å². The number of carbonyl (C=O) groups is 1. The van der Waals surface area contributed by atoms with Crippen LogP contribution in [0, 0.1) is 0 Å². The van der Waals surface area contributed by atoms with E-state index >= 15 is 0 Å². The molecule has 0 amide bonds. The minimum atomic E-state index is -1.07. The maximum atomic E-state index is 11.2. The van der Waals surface area contributed by atoms with Crippen LogP contribution in [0.2, 0.25) is 0 Å². The quantitative estimate of drug-likeness (QED) is 0.786. The molecule has 3 nitrogen and oxygen atoms in total. The van der Waals surface area contributed by atoms with Crippen molar-refractivity contribution < 1.29 is 9.90 Å². The minimum absolute atomic E-state index is 0.354. The number of rotatable bonds is 4. The van der Waals surface area contributed by atoms with Gasteiger partial charge < -0.3 is 9.90 Å². The van der Waals surface area contributed by atoms with Crippen LogP contribution in [0.1, 0.15) is 17.2 Å². The third kappa shape index (κ3) is 2.91. The molecular weight excluding hydrogens is 214 g/mol.